The quantitative estimate of drug-likeness (QED) is 0.824. The van der Waals surface area contributed by atoms with Gasteiger partial charge in [-0.2, -0.15) is 0 Å². The number of piperidine rings is 1. The van der Waals surface area contributed by atoms with Crippen LogP contribution in [0.15, 0.2) is 22.8 Å². The Kier molecular flexibility index (Phi) is 5.59. The highest BCUT2D eigenvalue weighted by atomic mass is 16.3. The van der Waals surface area contributed by atoms with Gasteiger partial charge in [0, 0.05) is 44.1 Å². The van der Waals surface area contributed by atoms with Crippen LogP contribution in [0.3, 0.4) is 0 Å². The fraction of sp³-hybridized carbons (Fsp3) is 0.545. The molecule has 27 heavy (non-hydrogen) atoms. The normalized spacial score (nSPS) is 15.6. The van der Waals surface area contributed by atoms with Crippen LogP contribution in [0.25, 0.3) is 11.0 Å². The summed E-state index contributed by atoms with van der Waals surface area (Å²) in [5.41, 5.74) is 4.30. The Morgan fingerprint density at radius 3 is 2.48 bits per heavy atom. The lowest BCUT2D eigenvalue weighted by Gasteiger charge is -2.32. The van der Waals surface area contributed by atoms with Crippen LogP contribution in [0, 0.1) is 12.8 Å². The summed E-state index contributed by atoms with van der Waals surface area (Å²) in [5, 5.41) is 1.04. The lowest BCUT2D eigenvalue weighted by Crippen LogP contribution is -2.43. The Labute approximate surface area is 161 Å². The van der Waals surface area contributed by atoms with Gasteiger partial charge < -0.3 is 14.2 Å². The number of carbonyl (C=O) groups excluding carboxylic acids is 2. The van der Waals surface area contributed by atoms with Crippen molar-refractivity contribution in [2.24, 2.45) is 5.92 Å². The number of benzene rings is 1. The molecule has 1 saturated heterocycles. The van der Waals surface area contributed by atoms with E-state index in [-0.39, 0.29) is 17.7 Å². The highest BCUT2D eigenvalue weighted by molar-refractivity contribution is 5.89. The topological polar surface area (TPSA) is 53.8 Å². The molecule has 1 aliphatic rings. The molecule has 5 nitrogen and oxygen atoms in total. The van der Waals surface area contributed by atoms with Gasteiger partial charge in [-0.1, -0.05) is 13.8 Å². The van der Waals surface area contributed by atoms with Crippen LogP contribution in [-0.2, 0) is 16.0 Å². The second-order valence-electron chi connectivity index (χ2n) is 8.19. The molecule has 2 heterocycles. The van der Waals surface area contributed by atoms with E-state index in [1.54, 1.807) is 25.3 Å². The highest BCUT2D eigenvalue weighted by Crippen LogP contribution is 2.29. The smallest absolute Gasteiger partial charge is 0.227 e. The third-order valence-electron chi connectivity index (χ3n) is 5.64. The molecular formula is C22H30N2O3. The summed E-state index contributed by atoms with van der Waals surface area (Å²) in [7, 11) is 3.58. The van der Waals surface area contributed by atoms with Crippen LogP contribution in [0.1, 0.15) is 49.3 Å². The molecule has 0 unspecified atom stereocenters. The number of rotatable bonds is 4. The Morgan fingerprint density at radius 2 is 1.89 bits per heavy atom. The molecule has 0 saturated carbocycles. The maximum Gasteiger partial charge on any atom is 0.227 e. The molecule has 2 aromatic rings. The van der Waals surface area contributed by atoms with Crippen molar-refractivity contribution in [3.8, 4) is 0 Å². The van der Waals surface area contributed by atoms with Crippen molar-refractivity contribution in [1.29, 1.82) is 0 Å². The summed E-state index contributed by atoms with van der Waals surface area (Å²) in [6.45, 7) is 7.75. The van der Waals surface area contributed by atoms with Crippen molar-refractivity contribution < 1.29 is 14.0 Å². The summed E-state index contributed by atoms with van der Waals surface area (Å²) in [5.74, 6) is 0.746. The van der Waals surface area contributed by atoms with Gasteiger partial charge in [-0.05, 0) is 48.9 Å². The number of amides is 2. The van der Waals surface area contributed by atoms with Crippen molar-refractivity contribution >= 4 is 22.8 Å². The first-order valence-electron chi connectivity index (χ1n) is 9.77. The van der Waals surface area contributed by atoms with Gasteiger partial charge >= 0.3 is 0 Å². The summed E-state index contributed by atoms with van der Waals surface area (Å²) in [4.78, 5) is 28.4. The predicted molar refractivity (Wildman–Crippen MR) is 107 cm³/mol. The first kappa shape index (κ1) is 19.5. The molecule has 0 N–H and O–H groups in total. The zero-order valence-corrected chi connectivity index (χ0v) is 17.0. The summed E-state index contributed by atoms with van der Waals surface area (Å²) in [6.07, 6.45) is 3.55. The number of furan rings is 1. The molecule has 1 aliphatic heterocycles. The van der Waals surface area contributed by atoms with Crippen LogP contribution >= 0.6 is 0 Å². The fourth-order valence-electron chi connectivity index (χ4n) is 4.02. The van der Waals surface area contributed by atoms with Crippen LogP contribution in [0.5, 0.6) is 0 Å². The molecular weight excluding hydrogens is 340 g/mol. The number of carbonyl (C=O) groups is 2. The molecule has 0 bridgehead atoms. The van der Waals surface area contributed by atoms with Crippen LogP contribution in [0.4, 0.5) is 0 Å². The largest absolute Gasteiger partial charge is 0.464 e. The van der Waals surface area contributed by atoms with E-state index in [1.807, 2.05) is 4.90 Å². The number of hydrogen-bond acceptors (Lipinski definition) is 3. The van der Waals surface area contributed by atoms with E-state index in [0.29, 0.717) is 25.4 Å². The number of fused-ring (bicyclic) bond motifs is 1. The SMILES string of the molecule is Cc1cc2occ(CC(=O)N3CCC(C(=O)N(C)C)CC3)c2cc1C(C)C. The Balaban J connectivity index is 1.70. The van der Waals surface area contributed by atoms with Gasteiger partial charge in [-0.15, -0.1) is 0 Å². The van der Waals surface area contributed by atoms with E-state index >= 15 is 0 Å². The van der Waals surface area contributed by atoms with Gasteiger partial charge in [-0.3, -0.25) is 9.59 Å². The van der Waals surface area contributed by atoms with Gasteiger partial charge in [0.15, 0.2) is 0 Å². The Morgan fingerprint density at radius 1 is 1.22 bits per heavy atom. The van der Waals surface area contributed by atoms with Gasteiger partial charge in [0.1, 0.15) is 5.58 Å². The zero-order valence-electron chi connectivity index (χ0n) is 17.0. The van der Waals surface area contributed by atoms with Crippen molar-refractivity contribution in [3.63, 3.8) is 0 Å². The molecule has 2 amide bonds. The second kappa shape index (κ2) is 7.75. The Hall–Kier alpha value is -2.30. The van der Waals surface area contributed by atoms with E-state index in [0.717, 1.165) is 29.4 Å². The predicted octanol–water partition coefficient (Wildman–Crippen LogP) is 3.73. The van der Waals surface area contributed by atoms with E-state index < -0.39 is 0 Å². The van der Waals surface area contributed by atoms with E-state index in [1.165, 1.54) is 11.1 Å². The van der Waals surface area contributed by atoms with Crippen molar-refractivity contribution in [1.82, 2.24) is 9.80 Å². The number of nitrogens with zero attached hydrogens (tertiary/aromatic N) is 2. The first-order valence-corrected chi connectivity index (χ1v) is 9.77. The van der Waals surface area contributed by atoms with Crippen molar-refractivity contribution in [3.05, 3.63) is 35.1 Å². The standard InChI is InChI=1S/C22H30N2O3/c1-14(2)18-12-19-17(13-27-20(19)10-15(18)3)11-21(25)24-8-6-16(7-9-24)22(26)23(4)5/h10,12-14,16H,6-9,11H2,1-5H3. The lowest BCUT2D eigenvalue weighted by molar-refractivity contribution is -0.138. The minimum Gasteiger partial charge on any atom is -0.464 e. The zero-order chi connectivity index (χ0) is 19.7. The first-order chi connectivity index (χ1) is 12.8. The molecule has 1 aromatic carbocycles. The average molecular weight is 370 g/mol. The fourth-order valence-corrected chi connectivity index (χ4v) is 4.02. The molecule has 3 rings (SSSR count). The van der Waals surface area contributed by atoms with Crippen molar-refractivity contribution in [2.45, 2.75) is 46.0 Å². The molecule has 5 heteroatoms. The summed E-state index contributed by atoms with van der Waals surface area (Å²) in [6, 6.07) is 4.24. The van der Waals surface area contributed by atoms with Crippen LogP contribution < -0.4 is 0 Å². The maximum absolute atomic E-state index is 12.8. The second-order valence-corrected chi connectivity index (χ2v) is 8.19. The molecule has 146 valence electrons. The van der Waals surface area contributed by atoms with E-state index in [9.17, 15) is 9.59 Å². The van der Waals surface area contributed by atoms with Gasteiger partial charge in [0.05, 0.1) is 12.7 Å². The molecule has 0 atom stereocenters. The minimum atomic E-state index is 0.0374. The van der Waals surface area contributed by atoms with Gasteiger partial charge in [0.25, 0.3) is 0 Å². The van der Waals surface area contributed by atoms with Gasteiger partial charge in [-0.25, -0.2) is 0 Å². The molecule has 0 radical (unpaired) electrons. The van der Waals surface area contributed by atoms with Gasteiger partial charge in [0.2, 0.25) is 11.8 Å². The maximum atomic E-state index is 12.8. The number of hydrogen-bond donors (Lipinski definition) is 0. The van der Waals surface area contributed by atoms with Crippen molar-refractivity contribution in [2.75, 3.05) is 27.2 Å². The average Bonchev–Trinajstić information content (AvgIpc) is 3.01. The summed E-state index contributed by atoms with van der Waals surface area (Å²) >= 11 is 0. The van der Waals surface area contributed by atoms with E-state index in [2.05, 4.69) is 32.9 Å². The molecule has 0 spiro atoms. The van der Waals surface area contributed by atoms with Crippen LogP contribution in [0.2, 0.25) is 0 Å². The molecule has 1 aromatic heterocycles. The minimum absolute atomic E-state index is 0.0374. The monoisotopic (exact) mass is 370 g/mol. The van der Waals surface area contributed by atoms with E-state index in [4.69, 9.17) is 4.42 Å². The number of likely N-dealkylation sites (tertiary alicyclic amines) is 1. The third-order valence-corrected chi connectivity index (χ3v) is 5.64. The Bertz CT molecular complexity index is 843. The molecule has 1 fully saturated rings. The third kappa shape index (κ3) is 4.02. The molecule has 0 aliphatic carbocycles. The number of aryl methyl sites for hydroxylation is 1. The summed E-state index contributed by atoms with van der Waals surface area (Å²) < 4.78 is 5.71. The lowest BCUT2D eigenvalue weighted by atomic mass is 9.94. The highest BCUT2D eigenvalue weighted by Gasteiger charge is 2.28. The van der Waals surface area contributed by atoms with Crippen LogP contribution in [-0.4, -0.2) is 48.8 Å².